The Morgan fingerprint density at radius 3 is 3.06 bits per heavy atom. The molecule has 1 aliphatic rings. The highest BCUT2D eigenvalue weighted by Crippen LogP contribution is 2.24. The average Bonchev–Trinajstić information content (AvgIpc) is 2.46. The van der Waals surface area contributed by atoms with E-state index in [0.29, 0.717) is 6.04 Å². The third kappa shape index (κ3) is 3.53. The highest BCUT2D eigenvalue weighted by Gasteiger charge is 2.25. The number of rotatable bonds is 5. The predicted octanol–water partition coefficient (Wildman–Crippen LogP) is 2.07. The molecule has 3 heteroatoms. The second-order valence-corrected chi connectivity index (χ2v) is 5.34. The molecule has 1 aromatic rings. The monoisotopic (exact) mass is 247 g/mol. The van der Waals surface area contributed by atoms with Crippen LogP contribution in [0.2, 0.25) is 0 Å². The smallest absolute Gasteiger partial charge is 0.0300 e. The predicted molar refractivity (Wildman–Crippen MR) is 75.4 cm³/mol. The molecule has 0 amide bonds. The maximum Gasteiger partial charge on any atom is 0.0300 e. The van der Waals surface area contributed by atoms with Crippen LogP contribution in [0.15, 0.2) is 24.5 Å². The fourth-order valence-corrected chi connectivity index (χ4v) is 2.91. The summed E-state index contributed by atoms with van der Waals surface area (Å²) in [6.07, 6.45) is 8.79. The van der Waals surface area contributed by atoms with Gasteiger partial charge in [-0.25, -0.2) is 0 Å². The molecule has 0 aromatic carbocycles. The zero-order chi connectivity index (χ0) is 12.8. The van der Waals surface area contributed by atoms with Crippen molar-refractivity contribution < 1.29 is 0 Å². The van der Waals surface area contributed by atoms with Gasteiger partial charge < -0.3 is 5.73 Å². The molecule has 3 nitrogen and oxygen atoms in total. The normalized spacial score (nSPS) is 25.2. The second kappa shape index (κ2) is 6.86. The van der Waals surface area contributed by atoms with E-state index < -0.39 is 0 Å². The van der Waals surface area contributed by atoms with E-state index in [0.717, 1.165) is 25.4 Å². The van der Waals surface area contributed by atoms with Crippen LogP contribution in [0.5, 0.6) is 0 Å². The standard InChI is InChI=1S/C15H25N3/c1-2-13-5-8-18(15(10-13)11-16)9-6-14-4-3-7-17-12-14/h3-4,7,12-13,15H,2,5-6,8-11,16H2,1H3. The zero-order valence-electron chi connectivity index (χ0n) is 11.4. The Labute approximate surface area is 110 Å². The van der Waals surface area contributed by atoms with Gasteiger partial charge in [0.15, 0.2) is 0 Å². The third-order valence-corrected chi connectivity index (χ3v) is 4.21. The molecule has 0 bridgehead atoms. The summed E-state index contributed by atoms with van der Waals surface area (Å²) in [4.78, 5) is 6.74. The first-order valence-electron chi connectivity index (χ1n) is 7.16. The number of piperidine rings is 1. The molecular formula is C15H25N3. The first-order chi connectivity index (χ1) is 8.83. The van der Waals surface area contributed by atoms with Crippen molar-refractivity contribution in [2.75, 3.05) is 19.6 Å². The Kier molecular flexibility index (Phi) is 5.14. The van der Waals surface area contributed by atoms with Gasteiger partial charge in [-0.1, -0.05) is 19.4 Å². The largest absolute Gasteiger partial charge is 0.329 e. The van der Waals surface area contributed by atoms with Crippen LogP contribution in [0.4, 0.5) is 0 Å². The number of likely N-dealkylation sites (tertiary alicyclic amines) is 1. The summed E-state index contributed by atoms with van der Waals surface area (Å²) in [6.45, 7) is 5.41. The Balaban J connectivity index is 1.85. The van der Waals surface area contributed by atoms with Gasteiger partial charge in [0, 0.05) is 31.5 Å². The van der Waals surface area contributed by atoms with Gasteiger partial charge in [0.2, 0.25) is 0 Å². The Morgan fingerprint density at radius 1 is 1.50 bits per heavy atom. The van der Waals surface area contributed by atoms with Crippen LogP contribution in [0.25, 0.3) is 0 Å². The van der Waals surface area contributed by atoms with Gasteiger partial charge in [0.25, 0.3) is 0 Å². The van der Waals surface area contributed by atoms with Gasteiger partial charge in [0.05, 0.1) is 0 Å². The minimum absolute atomic E-state index is 0.584. The molecule has 2 unspecified atom stereocenters. The minimum Gasteiger partial charge on any atom is -0.329 e. The van der Waals surface area contributed by atoms with Crippen molar-refractivity contribution in [3.8, 4) is 0 Å². The summed E-state index contributed by atoms with van der Waals surface area (Å²) in [7, 11) is 0. The van der Waals surface area contributed by atoms with Gasteiger partial charge in [-0.3, -0.25) is 9.88 Å². The quantitative estimate of drug-likeness (QED) is 0.866. The molecule has 18 heavy (non-hydrogen) atoms. The molecule has 2 rings (SSSR count). The summed E-state index contributed by atoms with van der Waals surface area (Å²) >= 11 is 0. The van der Waals surface area contributed by atoms with Crippen molar-refractivity contribution in [2.24, 2.45) is 11.7 Å². The summed E-state index contributed by atoms with van der Waals surface area (Å²) in [5.41, 5.74) is 7.25. The van der Waals surface area contributed by atoms with Crippen LogP contribution in [-0.4, -0.2) is 35.6 Å². The van der Waals surface area contributed by atoms with E-state index in [1.807, 2.05) is 18.5 Å². The van der Waals surface area contributed by atoms with Crippen molar-refractivity contribution in [1.82, 2.24) is 9.88 Å². The van der Waals surface area contributed by atoms with Gasteiger partial charge in [-0.2, -0.15) is 0 Å². The van der Waals surface area contributed by atoms with E-state index in [-0.39, 0.29) is 0 Å². The number of pyridine rings is 1. The SMILES string of the molecule is CCC1CCN(CCc2cccnc2)C(CN)C1. The first-order valence-corrected chi connectivity index (χ1v) is 7.16. The molecule has 0 radical (unpaired) electrons. The highest BCUT2D eigenvalue weighted by atomic mass is 15.2. The second-order valence-electron chi connectivity index (χ2n) is 5.34. The van der Waals surface area contributed by atoms with E-state index in [1.165, 1.54) is 31.4 Å². The third-order valence-electron chi connectivity index (χ3n) is 4.21. The lowest BCUT2D eigenvalue weighted by Gasteiger charge is -2.38. The molecule has 1 fully saturated rings. The summed E-state index contributed by atoms with van der Waals surface area (Å²) < 4.78 is 0. The summed E-state index contributed by atoms with van der Waals surface area (Å²) in [6, 6.07) is 4.75. The van der Waals surface area contributed by atoms with Crippen molar-refractivity contribution >= 4 is 0 Å². The molecule has 0 spiro atoms. The number of hydrogen-bond acceptors (Lipinski definition) is 3. The Morgan fingerprint density at radius 2 is 2.39 bits per heavy atom. The molecule has 2 N–H and O–H groups in total. The average molecular weight is 247 g/mol. The van der Waals surface area contributed by atoms with E-state index in [2.05, 4.69) is 22.9 Å². The van der Waals surface area contributed by atoms with Crippen molar-refractivity contribution in [1.29, 1.82) is 0 Å². The van der Waals surface area contributed by atoms with E-state index in [9.17, 15) is 0 Å². The van der Waals surface area contributed by atoms with Crippen LogP contribution in [0.1, 0.15) is 31.7 Å². The van der Waals surface area contributed by atoms with E-state index in [4.69, 9.17) is 5.73 Å². The molecule has 0 saturated carbocycles. The molecule has 1 aromatic heterocycles. The van der Waals surface area contributed by atoms with Crippen LogP contribution >= 0.6 is 0 Å². The number of nitrogens with zero attached hydrogens (tertiary/aromatic N) is 2. The fourth-order valence-electron chi connectivity index (χ4n) is 2.91. The first kappa shape index (κ1) is 13.5. The summed E-state index contributed by atoms with van der Waals surface area (Å²) in [5, 5.41) is 0. The summed E-state index contributed by atoms with van der Waals surface area (Å²) in [5.74, 6) is 0.883. The number of nitrogens with two attached hydrogens (primary N) is 1. The lowest BCUT2D eigenvalue weighted by atomic mass is 9.88. The lowest BCUT2D eigenvalue weighted by Crippen LogP contribution is -2.47. The van der Waals surface area contributed by atoms with E-state index in [1.54, 1.807) is 0 Å². The van der Waals surface area contributed by atoms with Crippen molar-refractivity contribution in [2.45, 2.75) is 38.6 Å². The van der Waals surface area contributed by atoms with Crippen LogP contribution in [-0.2, 0) is 6.42 Å². The van der Waals surface area contributed by atoms with E-state index >= 15 is 0 Å². The molecule has 2 heterocycles. The van der Waals surface area contributed by atoms with Crippen LogP contribution in [0, 0.1) is 5.92 Å². The van der Waals surface area contributed by atoms with Gasteiger partial charge in [-0.05, 0) is 43.4 Å². The zero-order valence-corrected chi connectivity index (χ0v) is 11.4. The van der Waals surface area contributed by atoms with Crippen molar-refractivity contribution in [3.63, 3.8) is 0 Å². The van der Waals surface area contributed by atoms with Crippen molar-refractivity contribution in [3.05, 3.63) is 30.1 Å². The topological polar surface area (TPSA) is 42.2 Å². The van der Waals surface area contributed by atoms with Gasteiger partial charge in [-0.15, -0.1) is 0 Å². The number of hydrogen-bond donors (Lipinski definition) is 1. The number of aromatic nitrogens is 1. The minimum atomic E-state index is 0.584. The lowest BCUT2D eigenvalue weighted by molar-refractivity contribution is 0.116. The van der Waals surface area contributed by atoms with Gasteiger partial charge >= 0.3 is 0 Å². The van der Waals surface area contributed by atoms with Crippen LogP contribution < -0.4 is 5.73 Å². The molecule has 1 saturated heterocycles. The van der Waals surface area contributed by atoms with Crippen LogP contribution in [0.3, 0.4) is 0 Å². The molecule has 100 valence electrons. The Hall–Kier alpha value is -0.930. The molecule has 1 aliphatic heterocycles. The maximum atomic E-state index is 5.93. The van der Waals surface area contributed by atoms with Gasteiger partial charge in [0.1, 0.15) is 0 Å². The fraction of sp³-hybridized carbons (Fsp3) is 0.667. The maximum absolute atomic E-state index is 5.93. The molecule has 0 aliphatic carbocycles. The molecular weight excluding hydrogens is 222 g/mol. The Bertz CT molecular complexity index is 339. The molecule has 2 atom stereocenters. The highest BCUT2D eigenvalue weighted by molar-refractivity contribution is 5.08.